The minimum atomic E-state index is -0.833. The summed E-state index contributed by atoms with van der Waals surface area (Å²) < 4.78 is 0. The summed E-state index contributed by atoms with van der Waals surface area (Å²) in [6.07, 6.45) is 0. The number of aliphatic carboxylic acids is 1. The maximum absolute atomic E-state index is 9.00. The SMILES string of the molecule is CC(=O)O.Cl.[Mn].[Pr]. The number of carboxylic acids is 1. The fraction of sp³-hybridized carbons (Fsp3) is 0.500. The van der Waals surface area contributed by atoms with Crippen molar-refractivity contribution in [1.82, 2.24) is 0 Å². The molecule has 2 radical (unpaired) electrons. The molecule has 42 valence electrons. The van der Waals surface area contributed by atoms with Crippen molar-refractivity contribution in [1.29, 1.82) is 0 Å². The predicted molar refractivity (Wildman–Crippen MR) is 20.6 cm³/mol. The monoisotopic (exact) mass is 292 g/mol. The Morgan fingerprint density at radius 1 is 1.57 bits per heavy atom. The largest absolute Gasteiger partial charge is 0.481 e. The Hall–Kier alpha value is 1.64. The minimum Gasteiger partial charge on any atom is -0.481 e. The molecule has 0 aromatic rings. The van der Waals surface area contributed by atoms with Gasteiger partial charge in [-0.1, -0.05) is 0 Å². The topological polar surface area (TPSA) is 37.3 Å². The van der Waals surface area contributed by atoms with Crippen molar-refractivity contribution in [3.05, 3.63) is 0 Å². The fourth-order valence-corrected chi connectivity index (χ4v) is 0. The Kier molecular flexibility index (Phi) is 52.3. The van der Waals surface area contributed by atoms with Crippen molar-refractivity contribution >= 4 is 18.4 Å². The molecule has 0 saturated heterocycles. The second-order valence-corrected chi connectivity index (χ2v) is 0.519. The third kappa shape index (κ3) is 90.2. The van der Waals surface area contributed by atoms with Gasteiger partial charge in [0.1, 0.15) is 0 Å². The Bertz CT molecular complexity index is 38.7. The molecule has 0 fully saturated rings. The second-order valence-electron chi connectivity index (χ2n) is 0.519. The number of halogens is 1. The molecule has 0 aliphatic carbocycles. The van der Waals surface area contributed by atoms with Gasteiger partial charge in [-0.25, -0.2) is 0 Å². The van der Waals surface area contributed by atoms with E-state index in [1.807, 2.05) is 0 Å². The zero-order chi connectivity index (χ0) is 3.58. The van der Waals surface area contributed by atoms with Gasteiger partial charge >= 0.3 is 0 Å². The first-order valence-corrected chi connectivity index (χ1v) is 0.928. The van der Waals surface area contributed by atoms with Crippen LogP contribution in [0.4, 0.5) is 0 Å². The average Bonchev–Trinajstić information content (AvgIpc) is 0.811. The average molecular weight is 292 g/mol. The van der Waals surface area contributed by atoms with Crippen molar-refractivity contribution in [2.24, 2.45) is 0 Å². The summed E-state index contributed by atoms with van der Waals surface area (Å²) >= 11 is 0. The van der Waals surface area contributed by atoms with Gasteiger partial charge in [0.15, 0.2) is 0 Å². The molecular formula is C2H5ClMnO2Pr. The Morgan fingerprint density at radius 3 is 1.57 bits per heavy atom. The van der Waals surface area contributed by atoms with Crippen LogP contribution in [0.1, 0.15) is 6.92 Å². The maximum Gasteiger partial charge on any atom is 0.300 e. The number of hydrogen-bond acceptors (Lipinski definition) is 1. The molecule has 0 saturated carbocycles. The molecular weight excluding hydrogens is 287 g/mol. The van der Waals surface area contributed by atoms with E-state index in [1.54, 1.807) is 0 Å². The maximum atomic E-state index is 9.00. The Morgan fingerprint density at radius 2 is 1.57 bits per heavy atom. The molecule has 0 aliphatic heterocycles. The van der Waals surface area contributed by atoms with Crippen LogP contribution in [-0.4, -0.2) is 11.1 Å². The van der Waals surface area contributed by atoms with E-state index in [4.69, 9.17) is 9.90 Å². The zero-order valence-electron chi connectivity index (χ0n) is 3.72. The van der Waals surface area contributed by atoms with Gasteiger partial charge < -0.3 is 5.11 Å². The number of rotatable bonds is 0. The molecule has 0 rings (SSSR count). The van der Waals surface area contributed by atoms with Crippen LogP contribution in [0.25, 0.3) is 0 Å². The first kappa shape index (κ1) is 23.4. The van der Waals surface area contributed by atoms with Crippen LogP contribution in [0.15, 0.2) is 0 Å². The van der Waals surface area contributed by atoms with E-state index in [-0.39, 0.29) is 70.8 Å². The van der Waals surface area contributed by atoms with Crippen LogP contribution >= 0.6 is 12.4 Å². The van der Waals surface area contributed by atoms with Gasteiger partial charge in [0.25, 0.3) is 5.97 Å². The summed E-state index contributed by atoms with van der Waals surface area (Å²) in [6, 6.07) is 0. The van der Waals surface area contributed by atoms with E-state index in [0.29, 0.717) is 0 Å². The van der Waals surface area contributed by atoms with Gasteiger partial charge in [0.2, 0.25) is 0 Å². The van der Waals surface area contributed by atoms with Gasteiger partial charge in [0, 0.05) is 65.3 Å². The molecule has 5 heteroatoms. The molecule has 2 nitrogen and oxygen atoms in total. The smallest absolute Gasteiger partial charge is 0.300 e. The molecule has 0 unspecified atom stereocenters. The van der Waals surface area contributed by atoms with Crippen molar-refractivity contribution < 1.29 is 68.3 Å². The van der Waals surface area contributed by atoms with Gasteiger partial charge in [-0.3, -0.25) is 4.79 Å². The molecule has 0 amide bonds. The van der Waals surface area contributed by atoms with Gasteiger partial charge in [-0.15, -0.1) is 12.4 Å². The van der Waals surface area contributed by atoms with Crippen LogP contribution in [0.5, 0.6) is 0 Å². The number of hydrogen-bond donors (Lipinski definition) is 1. The molecule has 0 heterocycles. The third-order valence-corrected chi connectivity index (χ3v) is 0. The first-order chi connectivity index (χ1) is 1.73. The normalized spacial score (nSPS) is 3.57. The fourth-order valence-electron chi connectivity index (χ4n) is 0. The summed E-state index contributed by atoms with van der Waals surface area (Å²) in [5.74, 6) is -0.833. The quantitative estimate of drug-likeness (QED) is 0.661. The van der Waals surface area contributed by atoms with Crippen LogP contribution in [0.3, 0.4) is 0 Å². The van der Waals surface area contributed by atoms with Gasteiger partial charge in [-0.2, -0.15) is 0 Å². The molecule has 7 heavy (non-hydrogen) atoms. The van der Waals surface area contributed by atoms with E-state index in [1.165, 1.54) is 0 Å². The second kappa shape index (κ2) is 15.6. The van der Waals surface area contributed by atoms with E-state index in [9.17, 15) is 0 Å². The molecule has 0 aromatic carbocycles. The summed E-state index contributed by atoms with van der Waals surface area (Å²) in [5, 5.41) is 7.42. The molecule has 0 atom stereocenters. The van der Waals surface area contributed by atoms with Crippen LogP contribution in [-0.2, 0) is 21.9 Å². The van der Waals surface area contributed by atoms with Crippen LogP contribution < -0.4 is 0 Å². The first-order valence-electron chi connectivity index (χ1n) is 0.928. The standard InChI is InChI=1S/C2H4O2.ClH.Mn.Pr/c1-2(3)4;;;/h1H3,(H,3,4);1H;;. The zero-order valence-corrected chi connectivity index (χ0v) is 9.42. The Labute approximate surface area is 92.3 Å². The Balaban J connectivity index is -0.0000000150. The van der Waals surface area contributed by atoms with E-state index < -0.39 is 5.97 Å². The third-order valence-electron chi connectivity index (χ3n) is 0. The van der Waals surface area contributed by atoms with Crippen molar-refractivity contribution in [2.75, 3.05) is 0 Å². The van der Waals surface area contributed by atoms with Crippen molar-refractivity contribution in [2.45, 2.75) is 6.92 Å². The summed E-state index contributed by atoms with van der Waals surface area (Å²) in [5.41, 5.74) is 0. The van der Waals surface area contributed by atoms with Gasteiger partial charge in [0.05, 0.1) is 0 Å². The summed E-state index contributed by atoms with van der Waals surface area (Å²) in [6.45, 7) is 1.08. The number of carbonyl (C=O) groups is 1. The van der Waals surface area contributed by atoms with Gasteiger partial charge in [-0.05, 0) is 0 Å². The molecule has 0 spiro atoms. The van der Waals surface area contributed by atoms with E-state index in [0.717, 1.165) is 6.92 Å². The molecule has 1 N–H and O–H groups in total. The summed E-state index contributed by atoms with van der Waals surface area (Å²) in [7, 11) is 0. The van der Waals surface area contributed by atoms with Crippen molar-refractivity contribution in [3.8, 4) is 0 Å². The summed E-state index contributed by atoms with van der Waals surface area (Å²) in [4.78, 5) is 9.00. The van der Waals surface area contributed by atoms with Crippen molar-refractivity contribution in [3.63, 3.8) is 0 Å². The predicted octanol–water partition coefficient (Wildman–Crippen LogP) is 0.510. The van der Waals surface area contributed by atoms with Crippen LogP contribution in [0, 0.1) is 41.3 Å². The molecule has 0 aliphatic rings. The van der Waals surface area contributed by atoms with E-state index in [2.05, 4.69) is 0 Å². The molecule has 0 aromatic heterocycles. The van der Waals surface area contributed by atoms with E-state index >= 15 is 0 Å². The van der Waals surface area contributed by atoms with Crippen LogP contribution in [0.2, 0.25) is 0 Å². The number of carboxylic acid groups (broad SMARTS) is 1. The molecule has 0 bridgehead atoms. The minimum absolute atomic E-state index is 0.